The zero-order chi connectivity index (χ0) is 12.2. The van der Waals surface area contributed by atoms with Gasteiger partial charge in [0.2, 0.25) is 0 Å². The minimum atomic E-state index is -3.10. The predicted molar refractivity (Wildman–Crippen MR) is 66.6 cm³/mol. The molecule has 0 aromatic heterocycles. The molecule has 5 heteroatoms. The van der Waals surface area contributed by atoms with E-state index in [0.717, 1.165) is 17.1 Å². The van der Waals surface area contributed by atoms with Crippen molar-refractivity contribution in [2.75, 3.05) is 12.0 Å². The molecule has 1 rings (SSSR count). The van der Waals surface area contributed by atoms with E-state index < -0.39 is 9.84 Å². The van der Waals surface area contributed by atoms with Crippen LogP contribution in [0.2, 0.25) is 0 Å². The van der Waals surface area contributed by atoms with Gasteiger partial charge in [-0.3, -0.25) is 0 Å². The summed E-state index contributed by atoms with van der Waals surface area (Å²) in [7, 11) is -3.10. The van der Waals surface area contributed by atoms with Gasteiger partial charge >= 0.3 is 0 Å². The summed E-state index contributed by atoms with van der Waals surface area (Å²) in [5, 5.41) is 9.09. The molecule has 0 spiro atoms. The van der Waals surface area contributed by atoms with Crippen LogP contribution in [0.4, 0.5) is 0 Å². The second kappa shape index (κ2) is 5.70. The molecule has 0 amide bonds. The maximum absolute atomic E-state index is 11.2. The van der Waals surface area contributed by atoms with Crippen LogP contribution >= 0.6 is 11.8 Å². The maximum atomic E-state index is 11.2. The van der Waals surface area contributed by atoms with Crippen LogP contribution in [0.5, 0.6) is 0 Å². The van der Waals surface area contributed by atoms with E-state index in [9.17, 15) is 8.42 Å². The Bertz CT molecular complexity index is 421. The second-order valence-electron chi connectivity index (χ2n) is 3.73. The van der Waals surface area contributed by atoms with Crippen molar-refractivity contribution in [1.29, 1.82) is 0 Å². The predicted octanol–water partition coefficient (Wildman–Crippen LogP) is 1.95. The van der Waals surface area contributed by atoms with Gasteiger partial charge in [0.15, 0.2) is 9.84 Å². The molecule has 0 heterocycles. The summed E-state index contributed by atoms with van der Waals surface area (Å²) in [6.45, 7) is 1.76. The Labute approximate surface area is 101 Å². The highest BCUT2D eigenvalue weighted by Crippen LogP contribution is 2.21. The summed E-state index contributed by atoms with van der Waals surface area (Å²) < 4.78 is 22.4. The van der Waals surface area contributed by atoms with E-state index in [1.54, 1.807) is 43.0 Å². The maximum Gasteiger partial charge on any atom is 0.175 e. The Morgan fingerprint density at radius 2 is 1.88 bits per heavy atom. The largest absolute Gasteiger partial charge is 0.393 e. The molecule has 0 saturated heterocycles. The number of rotatable bonds is 5. The molecule has 1 atom stereocenters. The average Bonchev–Trinajstić information content (AvgIpc) is 2.16. The molecule has 1 N–H and O–H groups in total. The third-order valence-electron chi connectivity index (χ3n) is 2.06. The Kier molecular flexibility index (Phi) is 4.83. The summed E-state index contributed by atoms with van der Waals surface area (Å²) in [6, 6.07) is 6.81. The molecule has 0 fully saturated rings. The smallest absolute Gasteiger partial charge is 0.175 e. The van der Waals surface area contributed by atoms with Crippen LogP contribution in [-0.4, -0.2) is 31.6 Å². The molecule has 0 aliphatic carbocycles. The van der Waals surface area contributed by atoms with Crippen molar-refractivity contribution in [1.82, 2.24) is 0 Å². The summed E-state index contributed by atoms with van der Waals surface area (Å²) in [4.78, 5) is 1.36. The number of sulfone groups is 1. The Morgan fingerprint density at radius 1 is 1.31 bits per heavy atom. The zero-order valence-corrected chi connectivity index (χ0v) is 11.0. The molecule has 3 nitrogen and oxygen atoms in total. The van der Waals surface area contributed by atoms with Crippen molar-refractivity contribution in [3.05, 3.63) is 24.3 Å². The number of aliphatic hydroxyl groups is 1. The van der Waals surface area contributed by atoms with Crippen molar-refractivity contribution in [2.24, 2.45) is 0 Å². The Balaban J connectivity index is 2.59. The summed E-state index contributed by atoms with van der Waals surface area (Å²) in [5.74, 6) is 0.829. The van der Waals surface area contributed by atoms with Crippen LogP contribution in [0.3, 0.4) is 0 Å². The van der Waals surface area contributed by atoms with Gasteiger partial charge < -0.3 is 5.11 Å². The standard InChI is InChI=1S/C11H16O3S2/c1-9(12)7-8-15-10-3-5-11(6-4-10)16(2,13)14/h3-6,9,12H,7-8H2,1-2H3. The quantitative estimate of drug-likeness (QED) is 0.822. The van der Waals surface area contributed by atoms with E-state index in [1.165, 1.54) is 6.26 Å². The van der Waals surface area contributed by atoms with Gasteiger partial charge in [-0.05, 0) is 37.6 Å². The highest BCUT2D eigenvalue weighted by molar-refractivity contribution is 7.99. The first-order chi connectivity index (χ1) is 7.39. The van der Waals surface area contributed by atoms with E-state index >= 15 is 0 Å². The Hall–Kier alpha value is -0.520. The lowest BCUT2D eigenvalue weighted by Crippen LogP contribution is -2.00. The number of hydrogen-bond donors (Lipinski definition) is 1. The lowest BCUT2D eigenvalue weighted by molar-refractivity contribution is 0.192. The molecule has 0 saturated carbocycles. The molecule has 0 aliphatic heterocycles. The molecule has 0 aliphatic rings. The van der Waals surface area contributed by atoms with Crippen LogP contribution in [0.1, 0.15) is 13.3 Å². The summed E-state index contributed by atoms with van der Waals surface area (Å²) in [6.07, 6.45) is 1.64. The number of benzene rings is 1. The molecule has 0 radical (unpaired) electrons. The first-order valence-corrected chi connectivity index (χ1v) is 7.88. The van der Waals surface area contributed by atoms with Gasteiger partial charge in [-0.2, -0.15) is 0 Å². The van der Waals surface area contributed by atoms with Crippen molar-refractivity contribution in [3.8, 4) is 0 Å². The molecular weight excluding hydrogens is 244 g/mol. The molecule has 1 unspecified atom stereocenters. The van der Waals surface area contributed by atoms with Gasteiger partial charge in [0, 0.05) is 16.9 Å². The SMILES string of the molecule is CC(O)CCSc1ccc(S(C)(=O)=O)cc1. The van der Waals surface area contributed by atoms with E-state index in [0.29, 0.717) is 4.90 Å². The minimum absolute atomic E-state index is 0.289. The third kappa shape index (κ3) is 4.55. The zero-order valence-electron chi connectivity index (χ0n) is 9.38. The fourth-order valence-corrected chi connectivity index (χ4v) is 2.78. The molecule has 0 bridgehead atoms. The number of hydrogen-bond acceptors (Lipinski definition) is 4. The van der Waals surface area contributed by atoms with Gasteiger partial charge in [-0.1, -0.05) is 0 Å². The normalized spacial score (nSPS) is 13.7. The Morgan fingerprint density at radius 3 is 2.31 bits per heavy atom. The first kappa shape index (κ1) is 13.5. The van der Waals surface area contributed by atoms with Crippen LogP contribution in [0, 0.1) is 0 Å². The second-order valence-corrected chi connectivity index (χ2v) is 6.91. The molecule has 1 aromatic carbocycles. The van der Waals surface area contributed by atoms with Crippen LogP contribution in [0.25, 0.3) is 0 Å². The highest BCUT2D eigenvalue weighted by Gasteiger charge is 2.06. The van der Waals surface area contributed by atoms with Crippen LogP contribution < -0.4 is 0 Å². The van der Waals surface area contributed by atoms with Gasteiger partial charge in [0.1, 0.15) is 0 Å². The molecule has 90 valence electrons. The van der Waals surface area contributed by atoms with Crippen LogP contribution in [-0.2, 0) is 9.84 Å². The lowest BCUT2D eigenvalue weighted by Gasteiger charge is -2.04. The monoisotopic (exact) mass is 260 g/mol. The van der Waals surface area contributed by atoms with Crippen molar-refractivity contribution in [2.45, 2.75) is 29.2 Å². The van der Waals surface area contributed by atoms with Crippen molar-refractivity contribution >= 4 is 21.6 Å². The number of thioether (sulfide) groups is 1. The number of aliphatic hydroxyl groups excluding tert-OH is 1. The fraction of sp³-hybridized carbons (Fsp3) is 0.455. The fourth-order valence-electron chi connectivity index (χ4n) is 1.13. The van der Waals surface area contributed by atoms with E-state index in [2.05, 4.69) is 0 Å². The van der Waals surface area contributed by atoms with Gasteiger partial charge in [-0.25, -0.2) is 8.42 Å². The van der Waals surface area contributed by atoms with Crippen LogP contribution in [0.15, 0.2) is 34.1 Å². The van der Waals surface area contributed by atoms with Crippen molar-refractivity contribution in [3.63, 3.8) is 0 Å². The summed E-state index contributed by atoms with van der Waals surface area (Å²) >= 11 is 1.61. The van der Waals surface area contributed by atoms with Gasteiger partial charge in [0.25, 0.3) is 0 Å². The summed E-state index contributed by atoms with van der Waals surface area (Å²) in [5.41, 5.74) is 0. The van der Waals surface area contributed by atoms with E-state index in [4.69, 9.17) is 5.11 Å². The molecule has 1 aromatic rings. The first-order valence-electron chi connectivity index (χ1n) is 5.00. The minimum Gasteiger partial charge on any atom is -0.393 e. The molecular formula is C11H16O3S2. The molecule has 16 heavy (non-hydrogen) atoms. The van der Waals surface area contributed by atoms with E-state index in [1.807, 2.05) is 0 Å². The topological polar surface area (TPSA) is 54.4 Å². The van der Waals surface area contributed by atoms with Crippen molar-refractivity contribution < 1.29 is 13.5 Å². The van der Waals surface area contributed by atoms with Gasteiger partial charge in [-0.15, -0.1) is 11.8 Å². The van der Waals surface area contributed by atoms with Gasteiger partial charge in [0.05, 0.1) is 11.0 Å². The third-order valence-corrected chi connectivity index (χ3v) is 4.23. The average molecular weight is 260 g/mol. The lowest BCUT2D eigenvalue weighted by atomic mass is 10.3. The highest BCUT2D eigenvalue weighted by atomic mass is 32.2. The van der Waals surface area contributed by atoms with E-state index in [-0.39, 0.29) is 6.10 Å².